The normalized spacial score (nSPS) is 22.1. The van der Waals surface area contributed by atoms with E-state index in [9.17, 15) is 4.79 Å². The molecule has 1 rings (SSSR count). The SMILES string of the molecule is CCCC(CCCl)CNC(=O)C1COCCO1. The van der Waals surface area contributed by atoms with Gasteiger partial charge in [-0.15, -0.1) is 11.6 Å². The molecule has 1 fully saturated rings. The molecule has 1 aliphatic rings. The van der Waals surface area contributed by atoms with Gasteiger partial charge in [0.1, 0.15) is 0 Å². The summed E-state index contributed by atoms with van der Waals surface area (Å²) < 4.78 is 10.5. The summed E-state index contributed by atoms with van der Waals surface area (Å²) in [7, 11) is 0. The molecular formula is C12H22ClNO3. The van der Waals surface area contributed by atoms with Crippen LogP contribution in [-0.4, -0.2) is 44.3 Å². The standard InChI is InChI=1S/C12H22ClNO3/c1-2-3-10(4-5-13)8-14-12(15)11-9-16-6-7-17-11/h10-11H,2-9H2,1H3,(H,14,15). The van der Waals surface area contributed by atoms with Crippen molar-refractivity contribution >= 4 is 17.5 Å². The Bertz CT molecular complexity index is 214. The van der Waals surface area contributed by atoms with Crippen molar-refractivity contribution in [3.8, 4) is 0 Å². The lowest BCUT2D eigenvalue weighted by Gasteiger charge is -2.23. The minimum Gasteiger partial charge on any atom is -0.376 e. The molecule has 1 aliphatic heterocycles. The number of halogens is 1. The predicted molar refractivity (Wildman–Crippen MR) is 67.3 cm³/mol. The smallest absolute Gasteiger partial charge is 0.251 e. The minimum absolute atomic E-state index is 0.0691. The van der Waals surface area contributed by atoms with Crippen LogP contribution in [0.2, 0.25) is 0 Å². The summed E-state index contributed by atoms with van der Waals surface area (Å²) in [5.41, 5.74) is 0. The first-order chi connectivity index (χ1) is 8.27. The van der Waals surface area contributed by atoms with Crippen molar-refractivity contribution in [3.63, 3.8) is 0 Å². The Morgan fingerprint density at radius 1 is 1.47 bits per heavy atom. The van der Waals surface area contributed by atoms with E-state index in [0.717, 1.165) is 19.3 Å². The highest BCUT2D eigenvalue weighted by Crippen LogP contribution is 2.11. The van der Waals surface area contributed by atoms with Crippen molar-refractivity contribution in [2.75, 3.05) is 32.2 Å². The lowest BCUT2D eigenvalue weighted by molar-refractivity contribution is -0.147. The van der Waals surface area contributed by atoms with Crippen molar-refractivity contribution in [2.45, 2.75) is 32.3 Å². The second kappa shape index (κ2) is 8.72. The fourth-order valence-corrected chi connectivity index (χ4v) is 2.22. The van der Waals surface area contributed by atoms with E-state index in [4.69, 9.17) is 21.1 Å². The number of hydrogen-bond donors (Lipinski definition) is 1. The highest BCUT2D eigenvalue weighted by atomic mass is 35.5. The van der Waals surface area contributed by atoms with Crippen molar-refractivity contribution < 1.29 is 14.3 Å². The number of hydrogen-bond acceptors (Lipinski definition) is 3. The quantitative estimate of drug-likeness (QED) is 0.709. The van der Waals surface area contributed by atoms with E-state index in [0.29, 0.717) is 38.2 Å². The van der Waals surface area contributed by atoms with E-state index >= 15 is 0 Å². The van der Waals surface area contributed by atoms with Crippen LogP contribution >= 0.6 is 11.6 Å². The van der Waals surface area contributed by atoms with Gasteiger partial charge in [-0.1, -0.05) is 13.3 Å². The summed E-state index contributed by atoms with van der Waals surface area (Å²) in [5.74, 6) is 1.04. The molecule has 0 aliphatic carbocycles. The van der Waals surface area contributed by atoms with Gasteiger partial charge in [-0.25, -0.2) is 0 Å². The average molecular weight is 264 g/mol. The Morgan fingerprint density at radius 2 is 2.29 bits per heavy atom. The van der Waals surface area contributed by atoms with Crippen LogP contribution in [0, 0.1) is 5.92 Å². The number of amides is 1. The molecule has 2 unspecified atom stereocenters. The molecule has 17 heavy (non-hydrogen) atoms. The first-order valence-electron chi connectivity index (χ1n) is 6.31. The van der Waals surface area contributed by atoms with Gasteiger partial charge < -0.3 is 14.8 Å². The van der Waals surface area contributed by atoms with Crippen LogP contribution in [0.1, 0.15) is 26.2 Å². The molecule has 1 N–H and O–H groups in total. The Kier molecular flexibility index (Phi) is 7.56. The van der Waals surface area contributed by atoms with Crippen LogP contribution in [0.25, 0.3) is 0 Å². The molecule has 0 aromatic rings. The predicted octanol–water partition coefficient (Wildman–Crippen LogP) is 1.56. The molecule has 0 saturated carbocycles. The molecule has 4 nitrogen and oxygen atoms in total. The highest BCUT2D eigenvalue weighted by molar-refractivity contribution is 6.17. The lowest BCUT2D eigenvalue weighted by atomic mass is 10.0. The number of nitrogens with one attached hydrogen (secondary N) is 1. The summed E-state index contributed by atoms with van der Waals surface area (Å²) in [5, 5.41) is 2.92. The Labute approximate surface area is 108 Å². The van der Waals surface area contributed by atoms with Crippen LogP contribution in [0.15, 0.2) is 0 Å². The lowest BCUT2D eigenvalue weighted by Crippen LogP contribution is -2.44. The third kappa shape index (κ3) is 5.70. The molecule has 0 spiro atoms. The van der Waals surface area contributed by atoms with Gasteiger partial charge in [-0.2, -0.15) is 0 Å². The van der Waals surface area contributed by atoms with Gasteiger partial charge in [0, 0.05) is 12.4 Å². The van der Waals surface area contributed by atoms with Gasteiger partial charge in [-0.3, -0.25) is 4.79 Å². The largest absolute Gasteiger partial charge is 0.376 e. The van der Waals surface area contributed by atoms with Gasteiger partial charge in [0.25, 0.3) is 5.91 Å². The van der Waals surface area contributed by atoms with Crippen LogP contribution in [0.5, 0.6) is 0 Å². The van der Waals surface area contributed by atoms with Gasteiger partial charge in [-0.05, 0) is 18.8 Å². The van der Waals surface area contributed by atoms with Crippen molar-refractivity contribution in [2.24, 2.45) is 5.92 Å². The van der Waals surface area contributed by atoms with Gasteiger partial charge in [0.15, 0.2) is 6.10 Å². The first-order valence-corrected chi connectivity index (χ1v) is 6.84. The molecule has 2 atom stereocenters. The molecule has 5 heteroatoms. The van der Waals surface area contributed by atoms with E-state index in [1.807, 2.05) is 0 Å². The summed E-state index contributed by atoms with van der Waals surface area (Å²) in [6, 6.07) is 0. The Balaban J connectivity index is 2.24. The van der Waals surface area contributed by atoms with Crippen LogP contribution in [0.3, 0.4) is 0 Å². The molecular weight excluding hydrogens is 242 g/mol. The summed E-state index contributed by atoms with van der Waals surface area (Å²) in [6.45, 7) is 4.26. The maximum absolute atomic E-state index is 11.8. The van der Waals surface area contributed by atoms with Crippen LogP contribution in [-0.2, 0) is 14.3 Å². The molecule has 0 aromatic heterocycles. The fraction of sp³-hybridized carbons (Fsp3) is 0.917. The number of carbonyl (C=O) groups excluding carboxylic acids is 1. The summed E-state index contributed by atoms with van der Waals surface area (Å²) in [4.78, 5) is 11.8. The molecule has 1 saturated heterocycles. The van der Waals surface area contributed by atoms with Crippen molar-refractivity contribution in [1.82, 2.24) is 5.32 Å². The monoisotopic (exact) mass is 263 g/mol. The number of ether oxygens (including phenoxy) is 2. The van der Waals surface area contributed by atoms with E-state index in [2.05, 4.69) is 12.2 Å². The number of carbonyl (C=O) groups is 1. The molecule has 100 valence electrons. The number of rotatable bonds is 7. The number of alkyl halides is 1. The summed E-state index contributed by atoms with van der Waals surface area (Å²) >= 11 is 5.74. The maximum Gasteiger partial charge on any atom is 0.251 e. The summed E-state index contributed by atoms with van der Waals surface area (Å²) in [6.07, 6.45) is 2.70. The van der Waals surface area contributed by atoms with Crippen LogP contribution < -0.4 is 5.32 Å². The molecule has 1 heterocycles. The maximum atomic E-state index is 11.8. The fourth-order valence-electron chi connectivity index (χ4n) is 1.91. The third-order valence-corrected chi connectivity index (χ3v) is 3.11. The molecule has 0 bridgehead atoms. The highest BCUT2D eigenvalue weighted by Gasteiger charge is 2.22. The van der Waals surface area contributed by atoms with E-state index in [1.54, 1.807) is 0 Å². The first kappa shape index (κ1) is 14.7. The second-order valence-electron chi connectivity index (χ2n) is 4.31. The van der Waals surface area contributed by atoms with Crippen molar-refractivity contribution in [1.29, 1.82) is 0 Å². The zero-order valence-corrected chi connectivity index (χ0v) is 11.2. The third-order valence-electron chi connectivity index (χ3n) is 2.89. The van der Waals surface area contributed by atoms with Crippen molar-refractivity contribution in [3.05, 3.63) is 0 Å². The van der Waals surface area contributed by atoms with E-state index in [-0.39, 0.29) is 5.91 Å². The van der Waals surface area contributed by atoms with Gasteiger partial charge >= 0.3 is 0 Å². The van der Waals surface area contributed by atoms with Gasteiger partial charge in [0.2, 0.25) is 0 Å². The molecule has 0 radical (unpaired) electrons. The zero-order chi connectivity index (χ0) is 12.5. The van der Waals surface area contributed by atoms with E-state index < -0.39 is 6.10 Å². The second-order valence-corrected chi connectivity index (χ2v) is 4.69. The average Bonchev–Trinajstić information content (AvgIpc) is 2.37. The Morgan fingerprint density at radius 3 is 2.88 bits per heavy atom. The van der Waals surface area contributed by atoms with Gasteiger partial charge in [0.05, 0.1) is 19.8 Å². The minimum atomic E-state index is -0.443. The Hall–Kier alpha value is -0.320. The van der Waals surface area contributed by atoms with E-state index in [1.165, 1.54) is 0 Å². The topological polar surface area (TPSA) is 47.6 Å². The van der Waals surface area contributed by atoms with Crippen LogP contribution in [0.4, 0.5) is 0 Å². The zero-order valence-electron chi connectivity index (χ0n) is 10.4. The molecule has 0 aromatic carbocycles. The molecule has 1 amide bonds.